The Morgan fingerprint density at radius 3 is 3.20 bits per heavy atom. The van der Waals surface area contributed by atoms with Gasteiger partial charge in [0.2, 0.25) is 0 Å². The molecule has 6 nitrogen and oxygen atoms in total. The zero-order valence-corrected chi connectivity index (χ0v) is 11.7. The molecule has 0 aromatic carbocycles. The third-order valence-electron chi connectivity index (χ3n) is 3.20. The lowest BCUT2D eigenvalue weighted by Gasteiger charge is -1.99. The molecule has 0 unspecified atom stereocenters. The van der Waals surface area contributed by atoms with E-state index in [1.54, 1.807) is 6.20 Å². The molecule has 1 saturated carbocycles. The summed E-state index contributed by atoms with van der Waals surface area (Å²) in [6, 6.07) is 2.61. The largest absolute Gasteiger partial charge is 0.482 e. The second-order valence-electron chi connectivity index (χ2n) is 5.17. The minimum Gasteiger partial charge on any atom is -0.482 e. The van der Waals surface area contributed by atoms with Crippen LogP contribution in [0, 0.1) is 0 Å². The van der Waals surface area contributed by atoms with E-state index < -0.39 is 0 Å². The summed E-state index contributed by atoms with van der Waals surface area (Å²) in [5, 5.41) is 11.6. The SMILES string of the molecule is CCCn1cc(OCc2cc(CNC3CC3)no2)cn1. The number of aromatic nitrogens is 3. The van der Waals surface area contributed by atoms with Gasteiger partial charge in [-0.05, 0) is 19.3 Å². The van der Waals surface area contributed by atoms with Crippen molar-refractivity contribution in [2.24, 2.45) is 0 Å². The van der Waals surface area contributed by atoms with Crippen LogP contribution < -0.4 is 10.1 Å². The van der Waals surface area contributed by atoms with Crippen molar-refractivity contribution in [2.75, 3.05) is 0 Å². The smallest absolute Gasteiger partial charge is 0.174 e. The fourth-order valence-corrected chi connectivity index (χ4v) is 1.97. The first-order valence-electron chi connectivity index (χ1n) is 7.16. The van der Waals surface area contributed by atoms with Crippen LogP contribution in [0.3, 0.4) is 0 Å². The molecule has 1 N–H and O–H groups in total. The van der Waals surface area contributed by atoms with E-state index in [-0.39, 0.29) is 0 Å². The zero-order valence-electron chi connectivity index (χ0n) is 11.7. The average Bonchev–Trinajstić information content (AvgIpc) is 2.98. The van der Waals surface area contributed by atoms with E-state index in [2.05, 4.69) is 22.5 Å². The molecule has 0 radical (unpaired) electrons. The minimum absolute atomic E-state index is 0.383. The van der Waals surface area contributed by atoms with Gasteiger partial charge >= 0.3 is 0 Å². The summed E-state index contributed by atoms with van der Waals surface area (Å²) in [6.07, 6.45) is 7.22. The van der Waals surface area contributed by atoms with Gasteiger partial charge in [0.25, 0.3) is 0 Å². The summed E-state index contributed by atoms with van der Waals surface area (Å²) in [4.78, 5) is 0. The van der Waals surface area contributed by atoms with E-state index in [4.69, 9.17) is 9.26 Å². The van der Waals surface area contributed by atoms with Crippen molar-refractivity contribution >= 4 is 0 Å². The van der Waals surface area contributed by atoms with E-state index in [0.717, 1.165) is 36.7 Å². The summed E-state index contributed by atoms with van der Waals surface area (Å²) in [5.74, 6) is 1.49. The van der Waals surface area contributed by atoms with Gasteiger partial charge in [0.15, 0.2) is 11.5 Å². The number of aryl methyl sites for hydroxylation is 1. The number of hydrogen-bond donors (Lipinski definition) is 1. The van der Waals surface area contributed by atoms with Crippen molar-refractivity contribution in [1.82, 2.24) is 20.3 Å². The maximum absolute atomic E-state index is 5.63. The quantitative estimate of drug-likeness (QED) is 0.800. The van der Waals surface area contributed by atoms with Crippen LogP contribution in [0.4, 0.5) is 0 Å². The normalized spacial score (nSPS) is 14.7. The highest BCUT2D eigenvalue weighted by Crippen LogP contribution is 2.19. The topological polar surface area (TPSA) is 65.1 Å². The third-order valence-corrected chi connectivity index (χ3v) is 3.20. The van der Waals surface area contributed by atoms with E-state index in [1.807, 2.05) is 16.9 Å². The molecule has 0 aliphatic heterocycles. The van der Waals surface area contributed by atoms with Crippen molar-refractivity contribution < 1.29 is 9.26 Å². The molecule has 2 aromatic rings. The number of nitrogens with one attached hydrogen (secondary N) is 1. The Morgan fingerprint density at radius 2 is 2.40 bits per heavy atom. The Balaban J connectivity index is 1.46. The molecule has 6 heteroatoms. The fourth-order valence-electron chi connectivity index (χ4n) is 1.97. The zero-order chi connectivity index (χ0) is 13.8. The van der Waals surface area contributed by atoms with Gasteiger partial charge in [-0.1, -0.05) is 12.1 Å². The molecule has 0 amide bonds. The van der Waals surface area contributed by atoms with E-state index in [9.17, 15) is 0 Å². The Morgan fingerprint density at radius 1 is 1.50 bits per heavy atom. The number of ether oxygens (including phenoxy) is 1. The molecule has 0 bridgehead atoms. The van der Waals surface area contributed by atoms with Crippen LogP contribution >= 0.6 is 0 Å². The van der Waals surface area contributed by atoms with Crippen molar-refractivity contribution in [1.29, 1.82) is 0 Å². The molecular weight excluding hydrogens is 256 g/mol. The molecule has 2 aromatic heterocycles. The molecule has 108 valence electrons. The number of nitrogens with zero attached hydrogens (tertiary/aromatic N) is 3. The third kappa shape index (κ3) is 3.60. The van der Waals surface area contributed by atoms with E-state index in [1.165, 1.54) is 12.8 Å². The van der Waals surface area contributed by atoms with Crippen LogP contribution in [0.15, 0.2) is 23.0 Å². The van der Waals surface area contributed by atoms with Crippen LogP contribution in [0.2, 0.25) is 0 Å². The predicted octanol–water partition coefficient (Wildman–Crippen LogP) is 2.11. The molecule has 2 heterocycles. The first-order chi connectivity index (χ1) is 9.83. The lowest BCUT2D eigenvalue weighted by atomic mass is 10.3. The second kappa shape index (κ2) is 6.09. The summed E-state index contributed by atoms with van der Waals surface area (Å²) in [7, 11) is 0. The molecule has 0 saturated heterocycles. The van der Waals surface area contributed by atoms with Crippen molar-refractivity contribution in [3.63, 3.8) is 0 Å². The van der Waals surface area contributed by atoms with Crippen molar-refractivity contribution in [3.8, 4) is 5.75 Å². The fraction of sp³-hybridized carbons (Fsp3) is 0.571. The second-order valence-corrected chi connectivity index (χ2v) is 5.17. The summed E-state index contributed by atoms with van der Waals surface area (Å²) in [5.41, 5.74) is 0.928. The van der Waals surface area contributed by atoms with Crippen LogP contribution in [0.25, 0.3) is 0 Å². The van der Waals surface area contributed by atoms with Crippen LogP contribution in [-0.2, 0) is 19.7 Å². The van der Waals surface area contributed by atoms with E-state index in [0.29, 0.717) is 12.6 Å². The monoisotopic (exact) mass is 276 g/mol. The number of hydrogen-bond acceptors (Lipinski definition) is 5. The van der Waals surface area contributed by atoms with Gasteiger partial charge in [-0.15, -0.1) is 0 Å². The van der Waals surface area contributed by atoms with Gasteiger partial charge < -0.3 is 14.6 Å². The molecule has 1 fully saturated rings. The summed E-state index contributed by atoms with van der Waals surface area (Å²) >= 11 is 0. The van der Waals surface area contributed by atoms with Gasteiger partial charge in [-0.3, -0.25) is 4.68 Å². The number of rotatable bonds is 8. The Kier molecular flexibility index (Phi) is 4.01. The first kappa shape index (κ1) is 13.2. The molecule has 20 heavy (non-hydrogen) atoms. The average molecular weight is 276 g/mol. The molecular formula is C14H20N4O2. The van der Waals surface area contributed by atoms with Gasteiger partial charge in [0.1, 0.15) is 6.61 Å². The summed E-state index contributed by atoms with van der Waals surface area (Å²) < 4.78 is 12.8. The lowest BCUT2D eigenvalue weighted by Crippen LogP contribution is -2.15. The minimum atomic E-state index is 0.383. The van der Waals surface area contributed by atoms with Gasteiger partial charge in [-0.2, -0.15) is 5.10 Å². The molecule has 0 spiro atoms. The van der Waals surface area contributed by atoms with Gasteiger partial charge in [-0.25, -0.2) is 0 Å². The molecule has 0 atom stereocenters. The lowest BCUT2D eigenvalue weighted by molar-refractivity contribution is 0.248. The summed E-state index contributed by atoms with van der Waals surface area (Å²) in [6.45, 7) is 4.17. The van der Waals surface area contributed by atoms with Crippen LogP contribution in [0.1, 0.15) is 37.6 Å². The highest BCUT2D eigenvalue weighted by molar-refractivity contribution is 5.13. The standard InChI is InChI=1S/C14H20N4O2/c1-2-5-18-9-14(8-16-18)19-10-13-6-12(17-20-13)7-15-11-3-4-11/h6,8-9,11,15H,2-5,7,10H2,1H3. The van der Waals surface area contributed by atoms with Crippen LogP contribution in [0.5, 0.6) is 5.75 Å². The van der Waals surface area contributed by atoms with E-state index >= 15 is 0 Å². The Bertz CT molecular complexity index is 545. The predicted molar refractivity (Wildman–Crippen MR) is 73.2 cm³/mol. The highest BCUT2D eigenvalue weighted by Gasteiger charge is 2.20. The van der Waals surface area contributed by atoms with Crippen molar-refractivity contribution in [2.45, 2.75) is 51.9 Å². The molecule has 3 rings (SSSR count). The van der Waals surface area contributed by atoms with Gasteiger partial charge in [0.05, 0.1) is 18.1 Å². The Labute approximate surface area is 118 Å². The first-order valence-corrected chi connectivity index (χ1v) is 7.16. The highest BCUT2D eigenvalue weighted by atomic mass is 16.5. The Hall–Kier alpha value is -1.82. The van der Waals surface area contributed by atoms with Crippen LogP contribution in [-0.4, -0.2) is 21.0 Å². The molecule has 1 aliphatic carbocycles. The molecule has 1 aliphatic rings. The van der Waals surface area contributed by atoms with Crippen molar-refractivity contribution in [3.05, 3.63) is 29.9 Å². The maximum atomic E-state index is 5.63. The van der Waals surface area contributed by atoms with Gasteiger partial charge in [0, 0.05) is 25.2 Å². The maximum Gasteiger partial charge on any atom is 0.174 e.